The van der Waals surface area contributed by atoms with Gasteiger partial charge in [0.25, 0.3) is 0 Å². The molecule has 0 radical (unpaired) electrons. The third kappa shape index (κ3) is 3.47. The molecule has 150 valence electrons. The summed E-state index contributed by atoms with van der Waals surface area (Å²) in [5.41, 5.74) is 5.57. The molecule has 2 N–H and O–H groups in total. The predicted octanol–water partition coefficient (Wildman–Crippen LogP) is 2.50. The molecule has 2 fully saturated rings. The van der Waals surface area contributed by atoms with Crippen LogP contribution in [-0.4, -0.2) is 63.8 Å². The van der Waals surface area contributed by atoms with Crippen molar-refractivity contribution in [2.45, 2.75) is 45.8 Å². The first-order valence-electron chi connectivity index (χ1n) is 10.1. The smallest absolute Gasteiger partial charge is 0.228 e. The van der Waals surface area contributed by atoms with E-state index in [-0.39, 0.29) is 11.3 Å². The number of aliphatic hydroxyl groups excluding tert-OH is 1. The largest absolute Gasteiger partial charge is 0.391 e. The number of aromatic nitrogens is 2. The Hall–Kier alpha value is -2.18. The summed E-state index contributed by atoms with van der Waals surface area (Å²) >= 11 is 0. The number of carbonyl (C=O) groups excluding carboxylic acids is 1. The lowest BCUT2D eigenvalue weighted by Crippen LogP contribution is -2.56. The van der Waals surface area contributed by atoms with Gasteiger partial charge in [0.05, 0.1) is 23.4 Å². The molecule has 1 aromatic carbocycles. The zero-order valence-corrected chi connectivity index (χ0v) is 17.0. The highest BCUT2D eigenvalue weighted by atomic mass is 16.3. The van der Waals surface area contributed by atoms with Crippen LogP contribution < -0.4 is 0 Å². The number of H-pyrrole nitrogens is 1. The molecular weight excluding hydrogens is 352 g/mol. The van der Waals surface area contributed by atoms with Gasteiger partial charge < -0.3 is 10.0 Å². The van der Waals surface area contributed by atoms with Crippen LogP contribution >= 0.6 is 0 Å². The normalized spacial score (nSPS) is 22.8. The van der Waals surface area contributed by atoms with Gasteiger partial charge in [-0.25, -0.2) is 0 Å². The molecule has 3 heterocycles. The number of rotatable bonds is 3. The van der Waals surface area contributed by atoms with Crippen LogP contribution in [-0.2, 0) is 11.3 Å². The van der Waals surface area contributed by atoms with Crippen molar-refractivity contribution >= 4 is 5.91 Å². The van der Waals surface area contributed by atoms with Crippen molar-refractivity contribution in [2.75, 3.05) is 26.7 Å². The highest BCUT2D eigenvalue weighted by molar-refractivity contribution is 5.83. The zero-order valence-electron chi connectivity index (χ0n) is 17.0. The molecule has 0 saturated carbocycles. The van der Waals surface area contributed by atoms with Crippen LogP contribution in [0.1, 0.15) is 36.0 Å². The summed E-state index contributed by atoms with van der Waals surface area (Å²) in [4.78, 5) is 16.9. The number of hydrogen-bond donors (Lipinski definition) is 2. The van der Waals surface area contributed by atoms with Crippen LogP contribution in [0.4, 0.5) is 0 Å². The number of benzene rings is 1. The van der Waals surface area contributed by atoms with Crippen molar-refractivity contribution in [3.63, 3.8) is 0 Å². The molecule has 28 heavy (non-hydrogen) atoms. The van der Waals surface area contributed by atoms with Gasteiger partial charge in [-0.1, -0.05) is 17.7 Å². The number of hydrogen-bond acceptors (Lipinski definition) is 4. The van der Waals surface area contributed by atoms with Crippen LogP contribution in [0.5, 0.6) is 0 Å². The van der Waals surface area contributed by atoms with Crippen LogP contribution in [0.15, 0.2) is 24.4 Å². The summed E-state index contributed by atoms with van der Waals surface area (Å²) in [6.07, 6.45) is 3.74. The second kappa shape index (κ2) is 7.33. The van der Waals surface area contributed by atoms with Crippen molar-refractivity contribution in [1.82, 2.24) is 20.0 Å². The molecule has 2 aliphatic rings. The molecule has 1 spiro atoms. The summed E-state index contributed by atoms with van der Waals surface area (Å²) in [6, 6.07) is 6.48. The van der Waals surface area contributed by atoms with E-state index in [2.05, 4.69) is 47.1 Å². The van der Waals surface area contributed by atoms with Crippen molar-refractivity contribution in [3.8, 4) is 11.3 Å². The Morgan fingerprint density at radius 2 is 2.04 bits per heavy atom. The summed E-state index contributed by atoms with van der Waals surface area (Å²) in [5, 5.41) is 17.7. The van der Waals surface area contributed by atoms with Crippen molar-refractivity contribution in [2.24, 2.45) is 5.41 Å². The van der Waals surface area contributed by atoms with E-state index < -0.39 is 6.10 Å². The Morgan fingerprint density at radius 1 is 1.29 bits per heavy atom. The second-order valence-electron chi connectivity index (χ2n) is 8.69. The van der Waals surface area contributed by atoms with Gasteiger partial charge in [-0.05, 0) is 57.8 Å². The third-order valence-corrected chi connectivity index (χ3v) is 6.50. The Labute approximate surface area is 166 Å². The van der Waals surface area contributed by atoms with Gasteiger partial charge in [0.15, 0.2) is 0 Å². The van der Waals surface area contributed by atoms with Crippen LogP contribution in [0.25, 0.3) is 11.3 Å². The first-order chi connectivity index (χ1) is 13.4. The highest BCUT2D eigenvalue weighted by Gasteiger charge is 2.47. The molecule has 2 aromatic rings. The topological polar surface area (TPSA) is 72.5 Å². The monoisotopic (exact) mass is 382 g/mol. The van der Waals surface area contributed by atoms with E-state index >= 15 is 0 Å². The van der Waals surface area contributed by atoms with Gasteiger partial charge in [0, 0.05) is 31.3 Å². The van der Waals surface area contributed by atoms with E-state index in [0.717, 1.165) is 38.2 Å². The third-order valence-electron chi connectivity index (χ3n) is 6.50. The number of carbonyl (C=O) groups is 1. The number of aryl methyl sites for hydroxylation is 2. The van der Waals surface area contributed by atoms with Crippen LogP contribution in [0.2, 0.25) is 0 Å². The molecule has 1 aromatic heterocycles. The first-order valence-corrected chi connectivity index (χ1v) is 10.1. The van der Waals surface area contributed by atoms with Gasteiger partial charge in [0.1, 0.15) is 0 Å². The van der Waals surface area contributed by atoms with E-state index in [1.54, 1.807) is 11.9 Å². The van der Waals surface area contributed by atoms with Gasteiger partial charge in [0.2, 0.25) is 5.91 Å². The molecule has 1 atom stereocenters. The van der Waals surface area contributed by atoms with Gasteiger partial charge in [-0.2, -0.15) is 5.10 Å². The Bertz CT molecular complexity index is 867. The molecule has 1 amide bonds. The minimum absolute atomic E-state index is 0.205. The standard InChI is InChI=1S/C22H30N4O2/c1-15-4-5-16(2)19(10-15)20-17(12-23-24-20)13-26-8-6-22(7-9-26)11-18(27)14-25(3)21(22)28/h4-5,10,12,18,27H,6-9,11,13-14H2,1-3H3,(H,23,24). The number of nitrogens with zero attached hydrogens (tertiary/aromatic N) is 3. The van der Waals surface area contributed by atoms with Gasteiger partial charge >= 0.3 is 0 Å². The predicted molar refractivity (Wildman–Crippen MR) is 109 cm³/mol. The molecule has 0 aliphatic carbocycles. The maximum atomic E-state index is 12.8. The maximum Gasteiger partial charge on any atom is 0.228 e. The SMILES string of the molecule is Cc1ccc(C)c(-c2[nH]ncc2CN2CCC3(CC2)CC(O)CN(C)C3=O)c1. The maximum absolute atomic E-state index is 12.8. The van der Waals surface area contributed by atoms with Crippen molar-refractivity contribution in [3.05, 3.63) is 41.1 Å². The highest BCUT2D eigenvalue weighted by Crippen LogP contribution is 2.41. The van der Waals surface area contributed by atoms with E-state index in [0.29, 0.717) is 13.0 Å². The van der Waals surface area contributed by atoms with E-state index in [4.69, 9.17) is 0 Å². The summed E-state index contributed by atoms with van der Waals surface area (Å²) in [7, 11) is 1.81. The average molecular weight is 383 g/mol. The summed E-state index contributed by atoms with van der Waals surface area (Å²) in [6.45, 7) is 7.24. The number of amides is 1. The van der Waals surface area contributed by atoms with Crippen molar-refractivity contribution < 1.29 is 9.90 Å². The average Bonchev–Trinajstić information content (AvgIpc) is 3.11. The molecule has 2 saturated heterocycles. The fourth-order valence-electron chi connectivity index (χ4n) is 4.87. The number of nitrogens with one attached hydrogen (secondary N) is 1. The minimum atomic E-state index is -0.404. The minimum Gasteiger partial charge on any atom is -0.391 e. The lowest BCUT2D eigenvalue weighted by Gasteiger charge is -2.47. The van der Waals surface area contributed by atoms with Gasteiger partial charge in [-0.3, -0.25) is 14.8 Å². The number of β-amino-alcohol motifs (C(OH)–C–C–N with tert-alkyl or cyclic N) is 1. The Balaban J connectivity index is 1.47. The summed E-state index contributed by atoms with van der Waals surface area (Å²) in [5.74, 6) is 0.205. The van der Waals surface area contributed by atoms with E-state index in [1.807, 2.05) is 6.20 Å². The molecule has 2 aliphatic heterocycles. The molecule has 0 bridgehead atoms. The number of piperidine rings is 2. The zero-order chi connectivity index (χ0) is 19.9. The number of aromatic amines is 1. The second-order valence-corrected chi connectivity index (χ2v) is 8.69. The van der Waals surface area contributed by atoms with E-state index in [9.17, 15) is 9.90 Å². The molecule has 6 heteroatoms. The van der Waals surface area contributed by atoms with Crippen LogP contribution in [0.3, 0.4) is 0 Å². The molecule has 6 nitrogen and oxygen atoms in total. The van der Waals surface area contributed by atoms with Gasteiger partial charge in [-0.15, -0.1) is 0 Å². The fraction of sp³-hybridized carbons (Fsp3) is 0.545. The number of likely N-dealkylation sites (tertiary alicyclic amines) is 2. The number of aliphatic hydroxyl groups is 1. The lowest BCUT2D eigenvalue weighted by molar-refractivity contribution is -0.154. The Kier molecular flexibility index (Phi) is 5.02. The molecular formula is C22H30N4O2. The lowest BCUT2D eigenvalue weighted by atomic mass is 9.71. The molecule has 4 rings (SSSR count). The first kappa shape index (κ1) is 19.2. The van der Waals surface area contributed by atoms with Crippen LogP contribution in [0, 0.1) is 19.3 Å². The Morgan fingerprint density at radius 3 is 2.79 bits per heavy atom. The summed E-state index contributed by atoms with van der Waals surface area (Å²) < 4.78 is 0. The molecule has 1 unspecified atom stereocenters. The van der Waals surface area contributed by atoms with E-state index in [1.165, 1.54) is 22.3 Å². The quantitative estimate of drug-likeness (QED) is 0.856. The number of likely N-dealkylation sites (N-methyl/N-ethyl adjacent to an activating group) is 1. The fourth-order valence-corrected chi connectivity index (χ4v) is 4.87. The van der Waals surface area contributed by atoms with Crippen molar-refractivity contribution in [1.29, 1.82) is 0 Å².